The highest BCUT2D eigenvalue weighted by atomic mass is 16.4. The molecule has 2 fully saturated rings. The summed E-state index contributed by atoms with van der Waals surface area (Å²) in [6.45, 7) is 2.77. The van der Waals surface area contributed by atoms with Gasteiger partial charge in [-0.15, -0.1) is 0 Å². The van der Waals surface area contributed by atoms with E-state index in [0.29, 0.717) is 5.92 Å². The Morgan fingerprint density at radius 3 is 2.83 bits per heavy atom. The van der Waals surface area contributed by atoms with Crippen molar-refractivity contribution in [2.45, 2.75) is 24.9 Å². The van der Waals surface area contributed by atoms with Crippen LogP contribution < -0.4 is 5.32 Å². The summed E-state index contributed by atoms with van der Waals surface area (Å²) >= 11 is 0. The van der Waals surface area contributed by atoms with Gasteiger partial charge in [0.15, 0.2) is 0 Å². The summed E-state index contributed by atoms with van der Waals surface area (Å²) in [4.78, 5) is 13.2. The predicted octanol–water partition coefficient (Wildman–Crippen LogP) is 1.92. The van der Waals surface area contributed by atoms with Crippen LogP contribution >= 0.6 is 0 Å². The number of nitrogens with one attached hydrogen (secondary N) is 1. The third-order valence-electron chi connectivity index (χ3n) is 4.31. The van der Waals surface area contributed by atoms with E-state index in [2.05, 4.69) is 22.3 Å². The Hall–Kier alpha value is -1.55. The van der Waals surface area contributed by atoms with Gasteiger partial charge in [-0.25, -0.2) is 4.79 Å². The molecular formula is C14H18N2O2. The van der Waals surface area contributed by atoms with E-state index in [9.17, 15) is 4.79 Å². The molecule has 2 unspecified atom stereocenters. The van der Waals surface area contributed by atoms with Crippen molar-refractivity contribution in [3.8, 4) is 0 Å². The summed E-state index contributed by atoms with van der Waals surface area (Å²) in [7, 11) is 0. The van der Waals surface area contributed by atoms with Gasteiger partial charge >= 0.3 is 6.09 Å². The van der Waals surface area contributed by atoms with Gasteiger partial charge in [-0.05, 0) is 24.3 Å². The smallest absolute Gasteiger partial charge is 0.405 e. The first-order valence-electron chi connectivity index (χ1n) is 6.45. The molecule has 2 aliphatic rings. The van der Waals surface area contributed by atoms with Crippen LogP contribution in [0.3, 0.4) is 0 Å². The maximum atomic E-state index is 10.9. The maximum Gasteiger partial charge on any atom is 0.405 e. The molecule has 0 bridgehead atoms. The lowest BCUT2D eigenvalue weighted by Gasteiger charge is -2.43. The van der Waals surface area contributed by atoms with Crippen molar-refractivity contribution in [3.63, 3.8) is 0 Å². The minimum Gasteiger partial charge on any atom is -0.465 e. The van der Waals surface area contributed by atoms with Crippen molar-refractivity contribution in [1.82, 2.24) is 10.2 Å². The third kappa shape index (κ3) is 1.97. The molecule has 0 radical (unpaired) electrons. The van der Waals surface area contributed by atoms with E-state index in [1.807, 2.05) is 18.2 Å². The van der Waals surface area contributed by atoms with Crippen LogP contribution in [0.4, 0.5) is 4.79 Å². The Kier molecular flexibility index (Phi) is 2.74. The standard InChI is InChI=1S/C14H18N2O2/c17-13(18)15-14-7-6-12(14)9-16(10-14)8-11-4-2-1-3-5-11/h1-5,12,15H,6-10H2,(H,17,18). The monoisotopic (exact) mass is 246 g/mol. The molecule has 4 heteroatoms. The van der Waals surface area contributed by atoms with E-state index in [4.69, 9.17) is 5.11 Å². The lowest BCUT2D eigenvalue weighted by molar-refractivity contribution is 0.118. The number of rotatable bonds is 3. The van der Waals surface area contributed by atoms with Crippen LogP contribution in [0.15, 0.2) is 30.3 Å². The van der Waals surface area contributed by atoms with E-state index in [1.54, 1.807) is 0 Å². The second-order valence-electron chi connectivity index (χ2n) is 5.48. The summed E-state index contributed by atoms with van der Waals surface area (Å²) in [5, 5.41) is 11.7. The molecule has 4 nitrogen and oxygen atoms in total. The van der Waals surface area contributed by atoms with Crippen molar-refractivity contribution in [2.24, 2.45) is 5.92 Å². The van der Waals surface area contributed by atoms with Gasteiger partial charge in [0.2, 0.25) is 0 Å². The number of benzene rings is 1. The highest BCUT2D eigenvalue weighted by Crippen LogP contribution is 2.44. The van der Waals surface area contributed by atoms with E-state index in [-0.39, 0.29) is 5.54 Å². The Morgan fingerprint density at radius 1 is 1.44 bits per heavy atom. The quantitative estimate of drug-likeness (QED) is 0.856. The van der Waals surface area contributed by atoms with E-state index >= 15 is 0 Å². The first-order valence-corrected chi connectivity index (χ1v) is 6.45. The molecule has 1 aliphatic heterocycles. The average molecular weight is 246 g/mol. The first-order chi connectivity index (χ1) is 8.68. The van der Waals surface area contributed by atoms with Crippen molar-refractivity contribution in [1.29, 1.82) is 0 Å². The minimum absolute atomic E-state index is 0.166. The number of carboxylic acid groups (broad SMARTS) is 1. The van der Waals surface area contributed by atoms with Gasteiger partial charge in [-0.3, -0.25) is 4.90 Å². The van der Waals surface area contributed by atoms with Gasteiger partial charge in [-0.1, -0.05) is 30.3 Å². The second kappa shape index (κ2) is 4.28. The number of nitrogens with zero attached hydrogens (tertiary/aromatic N) is 1. The molecule has 1 saturated heterocycles. The molecule has 1 amide bonds. The Balaban J connectivity index is 1.66. The lowest BCUT2D eigenvalue weighted by Crippen LogP contribution is -2.59. The fraction of sp³-hybridized carbons (Fsp3) is 0.500. The lowest BCUT2D eigenvalue weighted by atomic mass is 9.69. The zero-order valence-electron chi connectivity index (χ0n) is 10.3. The molecule has 1 aliphatic carbocycles. The zero-order chi connectivity index (χ0) is 12.6. The Bertz CT molecular complexity index is 448. The number of hydrogen-bond acceptors (Lipinski definition) is 2. The molecule has 1 aromatic carbocycles. The summed E-state index contributed by atoms with van der Waals surface area (Å²) in [5.41, 5.74) is 1.13. The molecule has 3 rings (SSSR count). The largest absolute Gasteiger partial charge is 0.465 e. The molecule has 0 aromatic heterocycles. The summed E-state index contributed by atoms with van der Waals surface area (Å²) < 4.78 is 0. The number of amides is 1. The second-order valence-corrected chi connectivity index (χ2v) is 5.48. The molecule has 1 saturated carbocycles. The third-order valence-corrected chi connectivity index (χ3v) is 4.31. The van der Waals surface area contributed by atoms with E-state index in [1.165, 1.54) is 5.56 Å². The van der Waals surface area contributed by atoms with Crippen molar-refractivity contribution in [2.75, 3.05) is 13.1 Å². The number of fused-ring (bicyclic) bond motifs is 1. The van der Waals surface area contributed by atoms with Gasteiger partial charge in [0.25, 0.3) is 0 Å². The normalized spacial score (nSPS) is 30.6. The van der Waals surface area contributed by atoms with Crippen LogP contribution in [0.1, 0.15) is 18.4 Å². The highest BCUT2D eigenvalue weighted by molar-refractivity contribution is 5.66. The van der Waals surface area contributed by atoms with Crippen molar-refractivity contribution >= 4 is 6.09 Å². The Morgan fingerprint density at radius 2 is 2.22 bits per heavy atom. The molecule has 1 heterocycles. The van der Waals surface area contributed by atoms with Gasteiger partial charge < -0.3 is 10.4 Å². The average Bonchev–Trinajstić information content (AvgIpc) is 2.55. The van der Waals surface area contributed by atoms with Crippen LogP contribution in [-0.2, 0) is 6.54 Å². The van der Waals surface area contributed by atoms with Gasteiger partial charge in [-0.2, -0.15) is 0 Å². The van der Waals surface area contributed by atoms with E-state index in [0.717, 1.165) is 32.5 Å². The molecule has 0 spiro atoms. The van der Waals surface area contributed by atoms with Crippen LogP contribution in [0, 0.1) is 5.92 Å². The summed E-state index contributed by atoms with van der Waals surface area (Å²) in [6.07, 6.45) is 1.24. The molecule has 2 N–H and O–H groups in total. The topological polar surface area (TPSA) is 52.6 Å². The highest BCUT2D eigenvalue weighted by Gasteiger charge is 2.53. The fourth-order valence-corrected chi connectivity index (χ4v) is 3.33. The molecule has 1 aromatic rings. The number of carbonyl (C=O) groups is 1. The van der Waals surface area contributed by atoms with Crippen LogP contribution in [0.25, 0.3) is 0 Å². The Labute approximate surface area is 107 Å². The number of likely N-dealkylation sites (tertiary alicyclic amines) is 1. The van der Waals surface area contributed by atoms with Gasteiger partial charge in [0, 0.05) is 19.6 Å². The van der Waals surface area contributed by atoms with E-state index < -0.39 is 6.09 Å². The van der Waals surface area contributed by atoms with Gasteiger partial charge in [0.1, 0.15) is 0 Å². The SMILES string of the molecule is O=C(O)NC12CCC1CN(Cc1ccccc1)C2. The number of hydrogen-bond donors (Lipinski definition) is 2. The van der Waals surface area contributed by atoms with Gasteiger partial charge in [0.05, 0.1) is 5.54 Å². The van der Waals surface area contributed by atoms with Crippen molar-refractivity contribution in [3.05, 3.63) is 35.9 Å². The fourth-order valence-electron chi connectivity index (χ4n) is 3.33. The first kappa shape index (κ1) is 11.5. The minimum atomic E-state index is -0.888. The maximum absolute atomic E-state index is 10.9. The predicted molar refractivity (Wildman–Crippen MR) is 68.3 cm³/mol. The van der Waals surface area contributed by atoms with Crippen LogP contribution in [-0.4, -0.2) is 34.7 Å². The zero-order valence-corrected chi connectivity index (χ0v) is 10.3. The molecule has 2 atom stereocenters. The summed E-state index contributed by atoms with van der Waals surface area (Å²) in [5.74, 6) is 0.498. The summed E-state index contributed by atoms with van der Waals surface area (Å²) in [6, 6.07) is 10.4. The molecular weight excluding hydrogens is 228 g/mol. The van der Waals surface area contributed by atoms with Crippen molar-refractivity contribution < 1.29 is 9.90 Å². The van der Waals surface area contributed by atoms with Crippen LogP contribution in [0.5, 0.6) is 0 Å². The molecule has 96 valence electrons. The van der Waals surface area contributed by atoms with Crippen LogP contribution in [0.2, 0.25) is 0 Å². The molecule has 18 heavy (non-hydrogen) atoms.